The van der Waals surface area contributed by atoms with Crippen LogP contribution in [0.5, 0.6) is 0 Å². The summed E-state index contributed by atoms with van der Waals surface area (Å²) in [5.41, 5.74) is -2.49. The summed E-state index contributed by atoms with van der Waals surface area (Å²) in [5, 5.41) is 9.28. The van der Waals surface area contributed by atoms with Crippen molar-refractivity contribution in [3.05, 3.63) is 35.9 Å². The Bertz CT molecular complexity index is 487. The van der Waals surface area contributed by atoms with Crippen molar-refractivity contribution in [2.45, 2.75) is 31.6 Å². The van der Waals surface area contributed by atoms with Crippen molar-refractivity contribution in [3.8, 4) is 0 Å². The van der Waals surface area contributed by atoms with E-state index < -0.39 is 17.3 Å². The lowest BCUT2D eigenvalue weighted by Crippen LogP contribution is -2.48. The third kappa shape index (κ3) is 2.13. The fourth-order valence-corrected chi connectivity index (χ4v) is 2.54. The quantitative estimate of drug-likeness (QED) is 0.916. The van der Waals surface area contributed by atoms with E-state index in [0.29, 0.717) is 0 Å². The van der Waals surface area contributed by atoms with Crippen LogP contribution in [0, 0.1) is 5.41 Å². The standard InChI is InChI=1S/C14H14F2O3/c15-14(16,10-4-2-1-3-5-10)13(12(18)19)8-6-11(17)7-9-13/h1-5H,6-9H2,(H,18,19). The third-order valence-corrected chi connectivity index (χ3v) is 3.81. The highest BCUT2D eigenvalue weighted by Gasteiger charge is 2.60. The summed E-state index contributed by atoms with van der Waals surface area (Å²) < 4.78 is 29.2. The molecule has 0 aromatic heterocycles. The summed E-state index contributed by atoms with van der Waals surface area (Å²) in [6.07, 6.45) is -0.838. The highest BCUT2D eigenvalue weighted by molar-refractivity contribution is 5.84. The minimum atomic E-state index is -3.49. The molecule has 1 aromatic rings. The van der Waals surface area contributed by atoms with Crippen LogP contribution >= 0.6 is 0 Å². The largest absolute Gasteiger partial charge is 0.481 e. The Morgan fingerprint density at radius 3 is 2.16 bits per heavy atom. The molecule has 1 saturated carbocycles. The summed E-state index contributed by atoms with van der Waals surface area (Å²) in [6, 6.07) is 6.94. The van der Waals surface area contributed by atoms with Gasteiger partial charge in [0.2, 0.25) is 0 Å². The predicted molar refractivity (Wildman–Crippen MR) is 63.9 cm³/mol. The first kappa shape index (κ1) is 13.6. The lowest BCUT2D eigenvalue weighted by molar-refractivity contribution is -0.190. The molecular weight excluding hydrogens is 254 g/mol. The van der Waals surface area contributed by atoms with Gasteiger partial charge in [0.25, 0.3) is 5.92 Å². The molecule has 0 unspecified atom stereocenters. The van der Waals surface area contributed by atoms with Crippen LogP contribution < -0.4 is 0 Å². The maximum Gasteiger partial charge on any atom is 0.316 e. The van der Waals surface area contributed by atoms with E-state index >= 15 is 0 Å². The van der Waals surface area contributed by atoms with E-state index in [9.17, 15) is 23.5 Å². The number of carboxylic acid groups (broad SMARTS) is 1. The number of Topliss-reactive ketones (excluding diaryl/α,β-unsaturated/α-hetero) is 1. The number of rotatable bonds is 3. The van der Waals surface area contributed by atoms with Gasteiger partial charge in [0.05, 0.1) is 0 Å². The van der Waals surface area contributed by atoms with Crippen LogP contribution in [0.15, 0.2) is 30.3 Å². The van der Waals surface area contributed by atoms with Crippen LogP contribution in [-0.2, 0) is 15.5 Å². The molecule has 0 spiro atoms. The molecule has 2 rings (SSSR count). The molecule has 0 bridgehead atoms. The van der Waals surface area contributed by atoms with Gasteiger partial charge in [-0.25, -0.2) is 8.78 Å². The third-order valence-electron chi connectivity index (χ3n) is 3.81. The summed E-state index contributed by atoms with van der Waals surface area (Å²) in [7, 11) is 0. The van der Waals surface area contributed by atoms with Gasteiger partial charge in [-0.2, -0.15) is 0 Å². The molecule has 1 aliphatic carbocycles. The monoisotopic (exact) mass is 268 g/mol. The molecule has 0 heterocycles. The number of ketones is 1. The molecule has 0 atom stereocenters. The van der Waals surface area contributed by atoms with Gasteiger partial charge in [-0.1, -0.05) is 30.3 Å². The molecule has 1 aliphatic rings. The molecule has 1 fully saturated rings. The van der Waals surface area contributed by atoms with Crippen molar-refractivity contribution in [3.63, 3.8) is 0 Å². The maximum atomic E-state index is 14.6. The zero-order valence-corrected chi connectivity index (χ0v) is 10.2. The number of aliphatic carboxylic acids is 1. The topological polar surface area (TPSA) is 54.4 Å². The second-order valence-electron chi connectivity index (χ2n) is 4.87. The average Bonchev–Trinajstić information content (AvgIpc) is 2.40. The zero-order valence-electron chi connectivity index (χ0n) is 10.2. The van der Waals surface area contributed by atoms with Gasteiger partial charge < -0.3 is 5.11 Å². The second-order valence-corrected chi connectivity index (χ2v) is 4.87. The van der Waals surface area contributed by atoms with Crippen molar-refractivity contribution in [2.75, 3.05) is 0 Å². The Kier molecular flexibility index (Phi) is 3.39. The molecule has 1 N–H and O–H groups in total. The van der Waals surface area contributed by atoms with E-state index in [1.165, 1.54) is 24.3 Å². The number of halogens is 2. The number of carbonyl (C=O) groups excluding carboxylic acids is 1. The first-order valence-electron chi connectivity index (χ1n) is 6.08. The van der Waals surface area contributed by atoms with E-state index in [2.05, 4.69) is 0 Å². The van der Waals surface area contributed by atoms with Gasteiger partial charge in [-0.05, 0) is 12.8 Å². The van der Waals surface area contributed by atoms with Crippen LogP contribution in [0.3, 0.4) is 0 Å². The van der Waals surface area contributed by atoms with Crippen molar-refractivity contribution < 1.29 is 23.5 Å². The number of carbonyl (C=O) groups is 2. The van der Waals surface area contributed by atoms with Gasteiger partial charge in [0.1, 0.15) is 11.2 Å². The molecule has 0 aliphatic heterocycles. The van der Waals surface area contributed by atoms with Crippen molar-refractivity contribution in [1.29, 1.82) is 0 Å². The number of carboxylic acids is 1. The Hall–Kier alpha value is -1.78. The Balaban J connectivity index is 2.44. The Morgan fingerprint density at radius 2 is 1.68 bits per heavy atom. The first-order chi connectivity index (χ1) is 8.90. The molecule has 102 valence electrons. The van der Waals surface area contributed by atoms with E-state index in [1.54, 1.807) is 6.07 Å². The van der Waals surface area contributed by atoms with Gasteiger partial charge in [0.15, 0.2) is 0 Å². The van der Waals surface area contributed by atoms with E-state index in [4.69, 9.17) is 0 Å². The molecule has 0 saturated heterocycles. The van der Waals surface area contributed by atoms with Crippen molar-refractivity contribution in [2.24, 2.45) is 5.41 Å². The summed E-state index contributed by atoms with van der Waals surface area (Å²) in [5.74, 6) is -5.17. The van der Waals surface area contributed by atoms with Crippen LogP contribution in [0.2, 0.25) is 0 Å². The van der Waals surface area contributed by atoms with Crippen LogP contribution in [0.1, 0.15) is 31.2 Å². The highest BCUT2D eigenvalue weighted by Crippen LogP contribution is 2.53. The van der Waals surface area contributed by atoms with E-state index in [1.807, 2.05) is 0 Å². The summed E-state index contributed by atoms with van der Waals surface area (Å²) >= 11 is 0. The number of alkyl halides is 2. The predicted octanol–water partition coefficient (Wildman–Crippen LogP) is 2.99. The fraction of sp³-hybridized carbons (Fsp3) is 0.429. The lowest BCUT2D eigenvalue weighted by Gasteiger charge is -2.39. The molecule has 0 radical (unpaired) electrons. The van der Waals surface area contributed by atoms with Gasteiger partial charge in [0, 0.05) is 18.4 Å². The molecule has 5 heteroatoms. The molecule has 1 aromatic carbocycles. The Labute approximate surface area is 109 Å². The number of hydrogen-bond donors (Lipinski definition) is 1. The van der Waals surface area contributed by atoms with Crippen LogP contribution in [0.25, 0.3) is 0 Å². The molecule has 3 nitrogen and oxygen atoms in total. The van der Waals surface area contributed by atoms with Gasteiger partial charge in [-0.3, -0.25) is 9.59 Å². The minimum absolute atomic E-state index is 0.102. The first-order valence-corrected chi connectivity index (χ1v) is 6.08. The highest BCUT2D eigenvalue weighted by atomic mass is 19.3. The summed E-state index contributed by atoms with van der Waals surface area (Å²) in [4.78, 5) is 22.6. The number of hydrogen-bond acceptors (Lipinski definition) is 2. The van der Waals surface area contributed by atoms with Crippen LogP contribution in [-0.4, -0.2) is 16.9 Å². The van der Waals surface area contributed by atoms with E-state index in [0.717, 1.165) is 0 Å². The smallest absolute Gasteiger partial charge is 0.316 e. The van der Waals surface area contributed by atoms with Gasteiger partial charge in [-0.15, -0.1) is 0 Å². The lowest BCUT2D eigenvalue weighted by atomic mass is 9.67. The average molecular weight is 268 g/mol. The maximum absolute atomic E-state index is 14.6. The molecule has 0 amide bonds. The van der Waals surface area contributed by atoms with E-state index in [-0.39, 0.29) is 37.0 Å². The summed E-state index contributed by atoms with van der Waals surface area (Å²) in [6.45, 7) is 0. The second kappa shape index (κ2) is 4.72. The normalized spacial score (nSPS) is 19.2. The SMILES string of the molecule is O=C1CCC(C(=O)O)(C(F)(F)c2ccccc2)CC1. The van der Waals surface area contributed by atoms with Crippen molar-refractivity contribution in [1.82, 2.24) is 0 Å². The Morgan fingerprint density at radius 1 is 1.16 bits per heavy atom. The van der Waals surface area contributed by atoms with Crippen molar-refractivity contribution >= 4 is 11.8 Å². The van der Waals surface area contributed by atoms with Crippen LogP contribution in [0.4, 0.5) is 8.78 Å². The molecule has 19 heavy (non-hydrogen) atoms. The minimum Gasteiger partial charge on any atom is -0.481 e. The van der Waals surface area contributed by atoms with Gasteiger partial charge >= 0.3 is 5.97 Å². The zero-order chi connectivity index (χ0) is 14.1. The molecular formula is C14H14F2O3. The number of benzene rings is 1. The fourth-order valence-electron chi connectivity index (χ4n) is 2.54.